The molecule has 0 spiro atoms. The van der Waals surface area contributed by atoms with Gasteiger partial charge < -0.3 is 20.1 Å². The Morgan fingerprint density at radius 3 is 2.65 bits per heavy atom. The van der Waals surface area contributed by atoms with Crippen LogP contribution in [0.5, 0.6) is 11.5 Å². The molecule has 0 atom stereocenters. The number of piperazine rings is 1. The predicted octanol–water partition coefficient (Wildman–Crippen LogP) is 4.22. The van der Waals surface area contributed by atoms with E-state index >= 15 is 0 Å². The zero-order valence-corrected chi connectivity index (χ0v) is 20.2. The fraction of sp³-hybridized carbons (Fsp3) is 0.462. The molecule has 1 fully saturated rings. The summed E-state index contributed by atoms with van der Waals surface area (Å²) in [5, 5.41) is 0.953. The first-order valence-corrected chi connectivity index (χ1v) is 13.1. The number of carbonyl (C=O) groups excluding carboxylic acids is 1. The lowest BCUT2D eigenvalue weighted by molar-refractivity contribution is 0.0634. The zero-order chi connectivity index (χ0) is 23.1. The van der Waals surface area contributed by atoms with Crippen molar-refractivity contribution < 1.29 is 14.3 Å². The van der Waals surface area contributed by atoms with Crippen LogP contribution in [0.25, 0.3) is 10.2 Å². The van der Waals surface area contributed by atoms with E-state index in [9.17, 15) is 4.79 Å². The molecule has 3 aromatic rings. The van der Waals surface area contributed by atoms with Crippen LogP contribution in [0.3, 0.4) is 0 Å². The SMILES string of the molecule is Nc1c(C(=O)N2CCN(Cc3ccc4c(c3)OCO4)CC2)sc2nc3c(cc12)CCCCCC3. The number of pyridine rings is 1. The molecule has 3 aliphatic rings. The molecule has 1 amide bonds. The molecule has 7 nitrogen and oxygen atoms in total. The van der Waals surface area contributed by atoms with Gasteiger partial charge in [0, 0.05) is 43.8 Å². The Labute approximate surface area is 203 Å². The summed E-state index contributed by atoms with van der Waals surface area (Å²) in [5.41, 5.74) is 10.8. The molecule has 0 saturated carbocycles. The van der Waals surface area contributed by atoms with Crippen LogP contribution in [0, 0.1) is 0 Å². The first-order valence-electron chi connectivity index (χ1n) is 12.3. The molecule has 178 valence electrons. The van der Waals surface area contributed by atoms with Gasteiger partial charge in [0.2, 0.25) is 6.79 Å². The number of hydrogen-bond acceptors (Lipinski definition) is 7. The number of ether oxygens (including phenoxy) is 2. The predicted molar refractivity (Wildman–Crippen MR) is 134 cm³/mol. The van der Waals surface area contributed by atoms with Gasteiger partial charge in [0.05, 0.1) is 5.69 Å². The second kappa shape index (κ2) is 9.07. The number of fused-ring (bicyclic) bond motifs is 3. The van der Waals surface area contributed by atoms with Crippen molar-refractivity contribution in [3.63, 3.8) is 0 Å². The van der Waals surface area contributed by atoms with E-state index in [1.54, 1.807) is 0 Å². The summed E-state index contributed by atoms with van der Waals surface area (Å²) < 4.78 is 10.9. The second-order valence-corrected chi connectivity index (χ2v) is 10.5. The van der Waals surface area contributed by atoms with Gasteiger partial charge in [0.15, 0.2) is 11.5 Å². The van der Waals surface area contributed by atoms with Gasteiger partial charge >= 0.3 is 0 Å². The quantitative estimate of drug-likeness (QED) is 0.607. The highest BCUT2D eigenvalue weighted by molar-refractivity contribution is 7.21. The molecule has 1 saturated heterocycles. The number of amides is 1. The third-order valence-electron chi connectivity index (χ3n) is 7.20. The van der Waals surface area contributed by atoms with Gasteiger partial charge in [-0.3, -0.25) is 9.69 Å². The van der Waals surface area contributed by atoms with Crippen molar-refractivity contribution in [3.05, 3.63) is 46.0 Å². The Balaban J connectivity index is 1.14. The normalized spacial score (nSPS) is 18.5. The van der Waals surface area contributed by atoms with Gasteiger partial charge in [-0.25, -0.2) is 4.98 Å². The van der Waals surface area contributed by atoms with Gasteiger partial charge in [-0.05, 0) is 55.0 Å². The van der Waals surface area contributed by atoms with Crippen LogP contribution < -0.4 is 15.2 Å². The van der Waals surface area contributed by atoms with Crippen molar-refractivity contribution >= 4 is 33.1 Å². The lowest BCUT2D eigenvalue weighted by Gasteiger charge is -2.34. The van der Waals surface area contributed by atoms with E-state index in [0.29, 0.717) is 30.4 Å². The highest BCUT2D eigenvalue weighted by Crippen LogP contribution is 2.36. The van der Waals surface area contributed by atoms with Crippen LogP contribution in [0.2, 0.25) is 0 Å². The molecule has 6 rings (SSSR count). The highest BCUT2D eigenvalue weighted by Gasteiger charge is 2.27. The second-order valence-electron chi connectivity index (χ2n) is 9.46. The summed E-state index contributed by atoms with van der Waals surface area (Å²) in [6.45, 7) is 4.18. The first-order chi connectivity index (χ1) is 16.7. The van der Waals surface area contributed by atoms with Crippen LogP contribution >= 0.6 is 11.3 Å². The summed E-state index contributed by atoms with van der Waals surface area (Å²) in [6.07, 6.45) is 7.03. The number of anilines is 1. The Morgan fingerprint density at radius 2 is 1.79 bits per heavy atom. The van der Waals surface area contributed by atoms with Crippen LogP contribution in [-0.2, 0) is 19.4 Å². The van der Waals surface area contributed by atoms with Gasteiger partial charge in [-0.2, -0.15) is 0 Å². The average Bonchev–Trinajstić information content (AvgIpc) is 3.43. The lowest BCUT2D eigenvalue weighted by atomic mass is 9.96. The van der Waals surface area contributed by atoms with Crippen molar-refractivity contribution in [2.45, 2.75) is 45.1 Å². The molecule has 2 N–H and O–H groups in total. The van der Waals surface area contributed by atoms with Crippen molar-refractivity contribution in [2.75, 3.05) is 38.7 Å². The topological polar surface area (TPSA) is 80.9 Å². The van der Waals surface area contributed by atoms with Crippen LogP contribution in [-0.4, -0.2) is 53.7 Å². The monoisotopic (exact) mass is 478 g/mol. The average molecular weight is 479 g/mol. The Morgan fingerprint density at radius 1 is 1.00 bits per heavy atom. The van der Waals surface area contributed by atoms with Crippen molar-refractivity contribution in [3.8, 4) is 11.5 Å². The largest absolute Gasteiger partial charge is 0.454 e. The minimum Gasteiger partial charge on any atom is -0.454 e. The van der Waals surface area contributed by atoms with Crippen molar-refractivity contribution in [2.24, 2.45) is 0 Å². The summed E-state index contributed by atoms with van der Waals surface area (Å²) in [7, 11) is 0. The molecule has 1 aromatic carbocycles. The molecular weight excluding hydrogens is 448 g/mol. The molecule has 34 heavy (non-hydrogen) atoms. The summed E-state index contributed by atoms with van der Waals surface area (Å²) >= 11 is 1.46. The molecule has 0 radical (unpaired) electrons. The number of rotatable bonds is 3. The van der Waals surface area contributed by atoms with Crippen LogP contribution in [0.15, 0.2) is 24.3 Å². The van der Waals surface area contributed by atoms with Crippen LogP contribution in [0.4, 0.5) is 5.69 Å². The summed E-state index contributed by atoms with van der Waals surface area (Å²) in [4.78, 5) is 24.2. The number of nitrogens with two attached hydrogens (primary N) is 1. The minimum atomic E-state index is 0.0376. The van der Waals surface area contributed by atoms with E-state index < -0.39 is 0 Å². The number of nitrogen functional groups attached to an aromatic ring is 1. The molecule has 0 unspecified atom stereocenters. The molecule has 8 heteroatoms. The Hall–Kier alpha value is -2.84. The Bertz CT molecular complexity index is 1230. The number of aryl methyl sites for hydroxylation is 2. The number of thiophene rings is 1. The van der Waals surface area contributed by atoms with Gasteiger partial charge in [0.1, 0.15) is 9.71 Å². The number of benzene rings is 1. The molecular formula is C26H30N4O3S. The molecule has 2 aliphatic heterocycles. The van der Waals surface area contributed by atoms with E-state index in [-0.39, 0.29) is 5.91 Å². The van der Waals surface area contributed by atoms with Crippen molar-refractivity contribution in [1.82, 2.24) is 14.8 Å². The maximum Gasteiger partial charge on any atom is 0.266 e. The maximum atomic E-state index is 13.4. The van der Waals surface area contributed by atoms with Crippen LogP contribution in [0.1, 0.15) is 52.2 Å². The Kier molecular flexibility index (Phi) is 5.79. The maximum absolute atomic E-state index is 13.4. The standard InChI is InChI=1S/C26H30N4O3S/c27-23-19-14-18-5-3-1-2-4-6-20(18)28-25(19)34-24(23)26(31)30-11-9-29(10-12-30)15-17-7-8-21-22(13-17)33-16-32-21/h7-8,13-14H,1-6,9-12,15-16,27H2. The molecule has 2 aromatic heterocycles. The smallest absolute Gasteiger partial charge is 0.266 e. The summed E-state index contributed by atoms with van der Waals surface area (Å²) in [5.74, 6) is 1.66. The van der Waals surface area contributed by atoms with Gasteiger partial charge in [0.25, 0.3) is 5.91 Å². The van der Waals surface area contributed by atoms with E-state index in [4.69, 9.17) is 20.2 Å². The summed E-state index contributed by atoms with van der Waals surface area (Å²) in [6, 6.07) is 8.31. The fourth-order valence-corrected chi connectivity index (χ4v) is 6.29. The fourth-order valence-electron chi connectivity index (χ4n) is 5.22. The van der Waals surface area contributed by atoms with E-state index in [2.05, 4.69) is 17.0 Å². The third kappa shape index (κ3) is 4.09. The molecule has 0 bridgehead atoms. The van der Waals surface area contributed by atoms with Crippen molar-refractivity contribution in [1.29, 1.82) is 0 Å². The van der Waals surface area contributed by atoms with E-state index in [0.717, 1.165) is 54.2 Å². The number of nitrogens with zero attached hydrogens (tertiary/aromatic N) is 3. The van der Waals surface area contributed by atoms with E-state index in [1.807, 2.05) is 17.0 Å². The third-order valence-corrected chi connectivity index (χ3v) is 8.30. The lowest BCUT2D eigenvalue weighted by Crippen LogP contribution is -2.48. The number of hydrogen-bond donors (Lipinski definition) is 1. The van der Waals surface area contributed by atoms with E-state index in [1.165, 1.54) is 53.8 Å². The van der Waals surface area contributed by atoms with Gasteiger partial charge in [-0.15, -0.1) is 11.3 Å². The molecule has 4 heterocycles. The first kappa shape index (κ1) is 21.7. The number of aromatic nitrogens is 1. The van der Waals surface area contributed by atoms with Gasteiger partial charge in [-0.1, -0.05) is 18.9 Å². The zero-order valence-electron chi connectivity index (χ0n) is 19.3. The highest BCUT2D eigenvalue weighted by atomic mass is 32.1. The molecule has 1 aliphatic carbocycles. The number of carbonyl (C=O) groups is 1. The minimum absolute atomic E-state index is 0.0376.